The van der Waals surface area contributed by atoms with E-state index in [1.807, 2.05) is 0 Å². The molecule has 450 valence electrons. The van der Waals surface area contributed by atoms with Crippen LogP contribution in [0.5, 0.6) is 0 Å². The van der Waals surface area contributed by atoms with E-state index in [1.165, 1.54) is 60.0 Å². The van der Waals surface area contributed by atoms with Crippen molar-refractivity contribution >= 4 is 131 Å². The van der Waals surface area contributed by atoms with Gasteiger partial charge in [0, 0.05) is 92.6 Å². The van der Waals surface area contributed by atoms with Crippen LogP contribution in [0.4, 0.5) is 0 Å². The maximum Gasteiger partial charge on any atom is 0.235 e. The second-order valence-electron chi connectivity index (χ2n) is 25.6. The fourth-order valence-electron chi connectivity index (χ4n) is 16.0. The van der Waals surface area contributed by atoms with E-state index in [2.05, 4.69) is 346 Å². The molecule has 0 aliphatic heterocycles. The van der Waals surface area contributed by atoms with E-state index in [1.54, 1.807) is 0 Å². The second-order valence-corrected chi connectivity index (χ2v) is 25.6. The fraction of sp³-hybridized carbons (Fsp3) is 0. The maximum absolute atomic E-state index is 6.86. The topological polar surface area (TPSA) is 58.6 Å². The maximum atomic E-state index is 6.86. The first-order valence-electron chi connectivity index (χ1n) is 33.1. The van der Waals surface area contributed by atoms with Gasteiger partial charge in [-0.2, -0.15) is 0 Å². The van der Waals surface area contributed by atoms with Gasteiger partial charge in [-0.1, -0.05) is 212 Å². The number of benzene rings is 15. The van der Waals surface area contributed by atoms with Crippen LogP contribution in [-0.4, -0.2) is 28.2 Å². The van der Waals surface area contributed by atoms with Gasteiger partial charge in [0.25, 0.3) is 0 Å². The minimum Gasteiger partial charge on any atom is -0.455 e. The van der Waals surface area contributed by atoms with Crippen molar-refractivity contribution < 1.29 is 4.42 Å². The molecule has 0 radical (unpaired) electrons. The van der Waals surface area contributed by atoms with Crippen LogP contribution in [0.1, 0.15) is 0 Å². The van der Waals surface area contributed by atoms with Gasteiger partial charge in [0.1, 0.15) is 11.2 Å². The van der Waals surface area contributed by atoms with Gasteiger partial charge in [-0.15, -0.1) is 0 Å². The third-order valence-corrected chi connectivity index (χ3v) is 20.3. The molecular formula is C90H54N6O. The van der Waals surface area contributed by atoms with Crippen LogP contribution in [0, 0.1) is 0 Å². The molecule has 7 nitrogen and oxygen atoms in total. The fourth-order valence-corrected chi connectivity index (χ4v) is 16.0. The van der Waals surface area contributed by atoms with E-state index in [-0.39, 0.29) is 0 Å². The Hall–Kier alpha value is -13.1. The van der Waals surface area contributed by atoms with Gasteiger partial charge in [0.05, 0.1) is 55.3 Å². The monoisotopic (exact) mass is 1230 g/mol. The minimum absolute atomic E-state index is 0.603. The highest BCUT2D eigenvalue weighted by molar-refractivity contribution is 6.36. The van der Waals surface area contributed by atoms with Gasteiger partial charge in [-0.3, -0.25) is 4.57 Å². The molecule has 7 heteroatoms. The van der Waals surface area contributed by atoms with Crippen molar-refractivity contribution in [3.63, 3.8) is 0 Å². The highest BCUT2D eigenvalue weighted by atomic mass is 16.3. The number of fused-ring (bicyclic) bond motifs is 20. The Bertz CT molecular complexity index is 6850. The number of nitrogens with zero attached hydrogens (tertiary/aromatic N) is 6. The van der Waals surface area contributed by atoms with Crippen LogP contribution in [0.15, 0.2) is 332 Å². The summed E-state index contributed by atoms with van der Waals surface area (Å²) in [5.74, 6) is 0.603. The second kappa shape index (κ2) is 20.7. The Labute approximate surface area is 555 Å². The summed E-state index contributed by atoms with van der Waals surface area (Å²) in [7, 11) is 0. The van der Waals surface area contributed by atoms with Gasteiger partial charge in [-0.25, -0.2) is 9.97 Å². The molecule has 0 atom stereocenters. The summed E-state index contributed by atoms with van der Waals surface area (Å²) in [4.78, 5) is 11.1. The summed E-state index contributed by atoms with van der Waals surface area (Å²) in [5, 5.41) is 14.7. The lowest BCUT2D eigenvalue weighted by molar-refractivity contribution is 0.673. The van der Waals surface area contributed by atoms with Crippen LogP contribution < -0.4 is 0 Å². The number of aromatic nitrogens is 6. The predicted octanol–water partition coefficient (Wildman–Crippen LogP) is 23.7. The molecule has 0 fully saturated rings. The lowest BCUT2D eigenvalue weighted by Crippen LogP contribution is -2.04. The molecule has 6 heterocycles. The smallest absolute Gasteiger partial charge is 0.235 e. The van der Waals surface area contributed by atoms with E-state index in [4.69, 9.17) is 14.4 Å². The lowest BCUT2D eigenvalue weighted by Gasteiger charge is -2.13. The molecule has 0 bridgehead atoms. The Balaban J connectivity index is 0.746. The molecule has 97 heavy (non-hydrogen) atoms. The largest absolute Gasteiger partial charge is 0.455 e. The number of rotatable bonds is 8. The van der Waals surface area contributed by atoms with Crippen LogP contribution in [0.2, 0.25) is 0 Å². The van der Waals surface area contributed by atoms with Crippen LogP contribution in [-0.2, 0) is 0 Å². The predicted molar refractivity (Wildman–Crippen MR) is 403 cm³/mol. The van der Waals surface area contributed by atoms with Gasteiger partial charge in [0.15, 0.2) is 0 Å². The first kappa shape index (κ1) is 53.4. The quantitative estimate of drug-likeness (QED) is 0.152. The molecule has 21 rings (SSSR count). The molecule has 6 aromatic heterocycles. The molecule has 0 saturated carbocycles. The SMILES string of the molecule is c1ccc(-c2nc(-n3c4cc(-c5ccc6c7cc(-c8ccc9c(c8)c8cc(-c%10ccc%11c(c%10)c%10ccccc%10n%11-c%10ccccc%10)ccc8n9-c8ccccc8)ccc7n(-c7ccccc7)c6c5)ccc4c4c5c6ccccc6oc5c5ccccc5c43)nc3ccccc23)cc1. The summed E-state index contributed by atoms with van der Waals surface area (Å²) >= 11 is 0. The Kier molecular flexibility index (Phi) is 11.4. The minimum atomic E-state index is 0.603. The summed E-state index contributed by atoms with van der Waals surface area (Å²) in [6, 6.07) is 119. The first-order chi connectivity index (χ1) is 48.1. The normalized spacial score (nSPS) is 12.1. The molecule has 0 aliphatic rings. The molecule has 21 aromatic rings. The average Bonchev–Trinajstić information content (AvgIpc) is 1.55. The third kappa shape index (κ3) is 7.97. The molecule has 0 saturated heterocycles. The van der Waals surface area contributed by atoms with E-state index in [0.29, 0.717) is 5.95 Å². The molecule has 0 amide bonds. The van der Waals surface area contributed by atoms with Gasteiger partial charge >= 0.3 is 0 Å². The zero-order valence-electron chi connectivity index (χ0n) is 52.3. The number of para-hydroxylation sites is 6. The van der Waals surface area contributed by atoms with Crippen molar-refractivity contribution in [1.82, 2.24) is 28.2 Å². The van der Waals surface area contributed by atoms with Crippen molar-refractivity contribution in [3.05, 3.63) is 328 Å². The molecule has 0 N–H and O–H groups in total. The highest BCUT2D eigenvalue weighted by Crippen LogP contribution is 2.48. The van der Waals surface area contributed by atoms with E-state index < -0.39 is 0 Å². The van der Waals surface area contributed by atoms with Gasteiger partial charge < -0.3 is 18.1 Å². The van der Waals surface area contributed by atoms with E-state index >= 15 is 0 Å². The summed E-state index contributed by atoms with van der Waals surface area (Å²) in [5.41, 5.74) is 23.7. The summed E-state index contributed by atoms with van der Waals surface area (Å²) in [6.07, 6.45) is 0. The van der Waals surface area contributed by atoms with Gasteiger partial charge in [0.2, 0.25) is 5.95 Å². The summed E-state index contributed by atoms with van der Waals surface area (Å²) in [6.45, 7) is 0. The molecular weight excluding hydrogens is 1180 g/mol. The highest BCUT2D eigenvalue weighted by Gasteiger charge is 2.26. The molecule has 0 aliphatic carbocycles. The Morgan fingerprint density at radius 2 is 0.619 bits per heavy atom. The molecule has 15 aromatic carbocycles. The number of furan rings is 1. The van der Waals surface area contributed by atoms with Crippen LogP contribution >= 0.6 is 0 Å². The average molecular weight is 1240 g/mol. The van der Waals surface area contributed by atoms with Crippen molar-refractivity contribution in [2.45, 2.75) is 0 Å². The first-order valence-corrected chi connectivity index (χ1v) is 33.1. The van der Waals surface area contributed by atoms with Crippen molar-refractivity contribution in [1.29, 1.82) is 0 Å². The molecule has 0 spiro atoms. The van der Waals surface area contributed by atoms with Crippen molar-refractivity contribution in [2.24, 2.45) is 0 Å². The van der Waals surface area contributed by atoms with Crippen LogP contribution in [0.25, 0.3) is 198 Å². The van der Waals surface area contributed by atoms with Crippen molar-refractivity contribution in [3.8, 4) is 67.6 Å². The Morgan fingerprint density at radius 3 is 1.19 bits per heavy atom. The number of hydrogen-bond donors (Lipinski definition) is 0. The summed E-state index contributed by atoms with van der Waals surface area (Å²) < 4.78 is 16.4. The lowest BCUT2D eigenvalue weighted by atomic mass is 9.97. The van der Waals surface area contributed by atoms with E-state index in [0.717, 1.165) is 133 Å². The standard InChI is InChI=1S/C90H54N6O/c1-5-21-55(22-6-1)87-69-32-15-18-34-76(69)91-90(92-87)96-83-54-61(38-44-70(83)85-86-71-33-17-20-36-84(71)97-89(86)68-31-14-13-30-67(68)88(85)96)60-37-43-66-73-50-57(40-46-79(73)95(82(66)53-60)64-27-11-4-12-28-64)59-42-48-81-75(52-59)74-51-58(41-47-80(74)94(81)63-25-9-3-10-26-63)56-39-45-78-72(49-56)65-29-16-19-35-77(65)93(78)62-23-7-2-8-24-62/h1-54H. The third-order valence-electron chi connectivity index (χ3n) is 20.3. The zero-order valence-corrected chi connectivity index (χ0v) is 52.3. The van der Waals surface area contributed by atoms with E-state index in [9.17, 15) is 0 Å². The molecule has 0 unspecified atom stereocenters. The number of hydrogen-bond acceptors (Lipinski definition) is 3. The van der Waals surface area contributed by atoms with Crippen molar-refractivity contribution in [2.75, 3.05) is 0 Å². The zero-order chi connectivity index (χ0) is 63.4. The Morgan fingerprint density at radius 1 is 0.227 bits per heavy atom. The van der Waals surface area contributed by atoms with Crippen LogP contribution in [0.3, 0.4) is 0 Å². The van der Waals surface area contributed by atoms with Gasteiger partial charge in [-0.05, 0) is 149 Å².